The third-order valence-electron chi connectivity index (χ3n) is 3.55. The summed E-state index contributed by atoms with van der Waals surface area (Å²) in [6, 6.07) is 0.778. The smallest absolute Gasteiger partial charge is 0.00947 e. The molecule has 1 fully saturated rings. The molecule has 0 aliphatic heterocycles. The fraction of sp³-hybridized carbons (Fsp3) is 1.00. The molecule has 1 rings (SSSR count). The quantitative estimate of drug-likeness (QED) is 0.693. The first-order valence-corrected chi connectivity index (χ1v) is 5.93. The highest BCUT2D eigenvalue weighted by molar-refractivity contribution is 4.79. The van der Waals surface area contributed by atoms with Crippen LogP contribution in [0.4, 0.5) is 0 Å². The van der Waals surface area contributed by atoms with Gasteiger partial charge in [0.1, 0.15) is 0 Å². The van der Waals surface area contributed by atoms with Crippen LogP contribution in [0.2, 0.25) is 0 Å². The summed E-state index contributed by atoms with van der Waals surface area (Å²) in [6.07, 6.45) is 8.60. The lowest BCUT2D eigenvalue weighted by molar-refractivity contribution is 0.234. The average molecular weight is 183 g/mol. The van der Waals surface area contributed by atoms with Crippen molar-refractivity contribution < 1.29 is 0 Å². The van der Waals surface area contributed by atoms with E-state index in [1.54, 1.807) is 0 Å². The predicted molar refractivity (Wildman–Crippen MR) is 58.9 cm³/mol. The number of nitrogens with one attached hydrogen (secondary N) is 1. The molecule has 0 radical (unpaired) electrons. The van der Waals surface area contributed by atoms with E-state index in [9.17, 15) is 0 Å². The Balaban J connectivity index is 2.50. The molecule has 1 aliphatic carbocycles. The molecular weight excluding hydrogens is 158 g/mol. The third kappa shape index (κ3) is 3.30. The Bertz CT molecular complexity index is 131. The molecule has 1 heteroatoms. The molecule has 2 atom stereocenters. The molecule has 0 aromatic carbocycles. The van der Waals surface area contributed by atoms with Gasteiger partial charge in [0.25, 0.3) is 0 Å². The molecule has 0 bridgehead atoms. The van der Waals surface area contributed by atoms with Gasteiger partial charge in [-0.3, -0.25) is 0 Å². The van der Waals surface area contributed by atoms with Crippen LogP contribution in [0, 0.1) is 11.8 Å². The third-order valence-corrected chi connectivity index (χ3v) is 3.55. The Kier molecular flexibility index (Phi) is 4.79. The standard InChI is InChI=1S/C12H25N/c1-10(2)11-8-6-4-5-7-9-12(11)13-3/h10-13H,4-9H2,1-3H3. The Hall–Kier alpha value is -0.0400. The van der Waals surface area contributed by atoms with Gasteiger partial charge in [0.15, 0.2) is 0 Å². The minimum Gasteiger partial charge on any atom is -0.317 e. The maximum absolute atomic E-state index is 3.50. The monoisotopic (exact) mass is 183 g/mol. The summed E-state index contributed by atoms with van der Waals surface area (Å²) in [5.74, 6) is 1.75. The molecule has 1 nitrogen and oxygen atoms in total. The van der Waals surface area contributed by atoms with Crippen LogP contribution in [0.3, 0.4) is 0 Å². The Morgan fingerprint density at radius 1 is 1.00 bits per heavy atom. The highest BCUT2D eigenvalue weighted by Gasteiger charge is 2.23. The van der Waals surface area contributed by atoms with Gasteiger partial charge in [-0.15, -0.1) is 0 Å². The van der Waals surface area contributed by atoms with Crippen molar-refractivity contribution >= 4 is 0 Å². The number of rotatable bonds is 2. The zero-order valence-electron chi connectivity index (χ0n) is 9.47. The Morgan fingerprint density at radius 2 is 1.62 bits per heavy atom. The van der Waals surface area contributed by atoms with Crippen molar-refractivity contribution in [2.45, 2.75) is 58.4 Å². The lowest BCUT2D eigenvalue weighted by Crippen LogP contribution is -2.37. The minimum atomic E-state index is 0.778. The lowest BCUT2D eigenvalue weighted by Gasteiger charge is -2.32. The average Bonchev–Trinajstić information content (AvgIpc) is 2.03. The molecule has 0 spiro atoms. The highest BCUT2D eigenvalue weighted by atomic mass is 14.9. The Morgan fingerprint density at radius 3 is 2.15 bits per heavy atom. The molecule has 1 N–H and O–H groups in total. The van der Waals surface area contributed by atoms with Crippen molar-refractivity contribution in [2.75, 3.05) is 7.05 Å². The number of hydrogen-bond donors (Lipinski definition) is 1. The van der Waals surface area contributed by atoms with E-state index in [1.165, 1.54) is 38.5 Å². The van der Waals surface area contributed by atoms with Crippen LogP contribution in [-0.2, 0) is 0 Å². The van der Waals surface area contributed by atoms with Gasteiger partial charge in [-0.1, -0.05) is 39.5 Å². The van der Waals surface area contributed by atoms with Crippen molar-refractivity contribution in [3.05, 3.63) is 0 Å². The van der Waals surface area contributed by atoms with E-state index in [-0.39, 0.29) is 0 Å². The maximum atomic E-state index is 3.50. The second-order valence-corrected chi connectivity index (χ2v) is 4.79. The second-order valence-electron chi connectivity index (χ2n) is 4.79. The molecule has 0 heterocycles. The van der Waals surface area contributed by atoms with Crippen molar-refractivity contribution in [2.24, 2.45) is 11.8 Å². The van der Waals surface area contributed by atoms with Gasteiger partial charge >= 0.3 is 0 Å². The summed E-state index contributed by atoms with van der Waals surface area (Å²) in [4.78, 5) is 0. The van der Waals surface area contributed by atoms with Gasteiger partial charge in [-0.2, -0.15) is 0 Å². The van der Waals surface area contributed by atoms with E-state index >= 15 is 0 Å². The molecule has 0 saturated heterocycles. The predicted octanol–water partition coefficient (Wildman–Crippen LogP) is 3.20. The van der Waals surface area contributed by atoms with E-state index in [0.717, 1.165) is 17.9 Å². The van der Waals surface area contributed by atoms with Crippen LogP contribution in [0.1, 0.15) is 52.4 Å². The van der Waals surface area contributed by atoms with E-state index in [0.29, 0.717) is 0 Å². The molecule has 13 heavy (non-hydrogen) atoms. The first kappa shape index (κ1) is 11.0. The van der Waals surface area contributed by atoms with Crippen LogP contribution in [0.5, 0.6) is 0 Å². The first-order chi connectivity index (χ1) is 6.25. The fourth-order valence-electron chi connectivity index (χ4n) is 2.67. The van der Waals surface area contributed by atoms with E-state index in [1.807, 2.05) is 0 Å². The molecule has 0 aromatic heterocycles. The fourth-order valence-corrected chi connectivity index (χ4v) is 2.67. The zero-order chi connectivity index (χ0) is 9.68. The largest absolute Gasteiger partial charge is 0.317 e. The highest BCUT2D eigenvalue weighted by Crippen LogP contribution is 2.28. The summed E-state index contributed by atoms with van der Waals surface area (Å²) in [6.45, 7) is 4.74. The zero-order valence-corrected chi connectivity index (χ0v) is 9.47. The van der Waals surface area contributed by atoms with Crippen molar-refractivity contribution in [3.8, 4) is 0 Å². The molecule has 1 saturated carbocycles. The summed E-state index contributed by atoms with van der Waals surface area (Å²) in [5.41, 5.74) is 0. The summed E-state index contributed by atoms with van der Waals surface area (Å²) < 4.78 is 0. The molecule has 2 unspecified atom stereocenters. The van der Waals surface area contributed by atoms with E-state index in [2.05, 4.69) is 26.2 Å². The first-order valence-electron chi connectivity index (χ1n) is 5.93. The number of hydrogen-bond acceptors (Lipinski definition) is 1. The maximum Gasteiger partial charge on any atom is 0.00947 e. The van der Waals surface area contributed by atoms with Gasteiger partial charge in [0.2, 0.25) is 0 Å². The molecular formula is C12H25N. The SMILES string of the molecule is CNC1CCCCCCC1C(C)C. The topological polar surface area (TPSA) is 12.0 Å². The second kappa shape index (κ2) is 5.64. The normalized spacial score (nSPS) is 31.4. The molecule has 0 amide bonds. The van der Waals surface area contributed by atoms with Crippen LogP contribution in [-0.4, -0.2) is 13.1 Å². The van der Waals surface area contributed by atoms with Crippen LogP contribution in [0.15, 0.2) is 0 Å². The van der Waals surface area contributed by atoms with E-state index in [4.69, 9.17) is 0 Å². The van der Waals surface area contributed by atoms with Gasteiger partial charge in [0.05, 0.1) is 0 Å². The summed E-state index contributed by atoms with van der Waals surface area (Å²) in [7, 11) is 2.13. The Labute approximate surface area is 83.3 Å². The van der Waals surface area contributed by atoms with Crippen LogP contribution < -0.4 is 5.32 Å². The van der Waals surface area contributed by atoms with Crippen molar-refractivity contribution in [1.29, 1.82) is 0 Å². The van der Waals surface area contributed by atoms with Gasteiger partial charge in [-0.05, 0) is 31.7 Å². The molecule has 78 valence electrons. The molecule has 1 aliphatic rings. The summed E-state index contributed by atoms with van der Waals surface area (Å²) >= 11 is 0. The van der Waals surface area contributed by atoms with Crippen LogP contribution in [0.25, 0.3) is 0 Å². The minimum absolute atomic E-state index is 0.778. The lowest BCUT2D eigenvalue weighted by atomic mass is 9.80. The van der Waals surface area contributed by atoms with Gasteiger partial charge in [0, 0.05) is 6.04 Å². The van der Waals surface area contributed by atoms with Crippen LogP contribution >= 0.6 is 0 Å². The van der Waals surface area contributed by atoms with Gasteiger partial charge in [-0.25, -0.2) is 0 Å². The summed E-state index contributed by atoms with van der Waals surface area (Å²) in [5, 5.41) is 3.50. The van der Waals surface area contributed by atoms with Crippen molar-refractivity contribution in [3.63, 3.8) is 0 Å². The van der Waals surface area contributed by atoms with Gasteiger partial charge < -0.3 is 5.32 Å². The van der Waals surface area contributed by atoms with E-state index < -0.39 is 0 Å². The molecule has 0 aromatic rings. The van der Waals surface area contributed by atoms with Crippen molar-refractivity contribution in [1.82, 2.24) is 5.32 Å².